The summed E-state index contributed by atoms with van der Waals surface area (Å²) in [4.78, 5) is 12.9. The Labute approximate surface area is 115 Å². The number of carbonyl (C=O) groups excluding carboxylic acids is 1. The van der Waals surface area contributed by atoms with Crippen LogP contribution >= 0.6 is 27.3 Å². The monoisotopic (exact) mass is 315 g/mol. The first-order valence-corrected chi connectivity index (χ1v) is 7.88. The molecule has 0 radical (unpaired) electrons. The van der Waals surface area contributed by atoms with Gasteiger partial charge in [0.25, 0.3) is 5.91 Å². The summed E-state index contributed by atoms with van der Waals surface area (Å²) in [5.74, 6) is 0.886. The summed E-state index contributed by atoms with van der Waals surface area (Å²) in [5, 5.41) is 5.10. The summed E-state index contributed by atoms with van der Waals surface area (Å²) in [5.41, 5.74) is 0. The summed E-state index contributed by atoms with van der Waals surface area (Å²) < 4.78 is 0.905. The van der Waals surface area contributed by atoms with Gasteiger partial charge in [-0.15, -0.1) is 11.3 Å². The van der Waals surface area contributed by atoms with Crippen molar-refractivity contribution in [3.8, 4) is 0 Å². The Balaban J connectivity index is 1.92. The first-order valence-electron chi connectivity index (χ1n) is 6.20. The molecule has 17 heavy (non-hydrogen) atoms. The van der Waals surface area contributed by atoms with Crippen LogP contribution in [0.3, 0.4) is 0 Å². The number of hydrogen-bond acceptors (Lipinski definition) is 2. The molecule has 1 heterocycles. The Bertz CT molecular complexity index is 391. The van der Waals surface area contributed by atoms with E-state index in [4.69, 9.17) is 0 Å². The number of halogens is 1. The lowest BCUT2D eigenvalue weighted by atomic mass is 10.0. The molecule has 1 amide bonds. The number of thiophene rings is 1. The molecule has 1 aromatic heterocycles. The topological polar surface area (TPSA) is 29.1 Å². The standard InChI is InChI=1S/C13H18BrNOS/c1-9-3-2-4-10(6-5-9)15-13(16)12-11(14)7-8-17-12/h7-10H,2-6H2,1H3,(H,15,16). The Hall–Kier alpha value is -0.350. The highest BCUT2D eigenvalue weighted by Crippen LogP contribution is 2.25. The smallest absolute Gasteiger partial charge is 0.262 e. The second-order valence-corrected chi connectivity index (χ2v) is 6.65. The maximum atomic E-state index is 12.1. The predicted molar refractivity (Wildman–Crippen MR) is 75.5 cm³/mol. The van der Waals surface area contributed by atoms with Crippen LogP contribution in [-0.2, 0) is 0 Å². The van der Waals surface area contributed by atoms with Gasteiger partial charge in [0.05, 0.1) is 0 Å². The predicted octanol–water partition coefficient (Wildman–Crippen LogP) is 4.21. The minimum absolute atomic E-state index is 0.0754. The molecular weight excluding hydrogens is 298 g/mol. The van der Waals surface area contributed by atoms with Gasteiger partial charge < -0.3 is 5.32 Å². The average Bonchev–Trinajstić information content (AvgIpc) is 2.61. The van der Waals surface area contributed by atoms with Crippen LogP contribution in [0.25, 0.3) is 0 Å². The molecule has 2 unspecified atom stereocenters. The molecule has 0 spiro atoms. The third-order valence-electron chi connectivity index (χ3n) is 3.42. The first kappa shape index (κ1) is 13.1. The Morgan fingerprint density at radius 2 is 2.24 bits per heavy atom. The molecule has 94 valence electrons. The molecule has 0 saturated heterocycles. The fraction of sp³-hybridized carbons (Fsp3) is 0.615. The van der Waals surface area contributed by atoms with E-state index >= 15 is 0 Å². The highest BCUT2D eigenvalue weighted by atomic mass is 79.9. The molecule has 1 N–H and O–H groups in total. The number of amides is 1. The van der Waals surface area contributed by atoms with Gasteiger partial charge in [0.2, 0.25) is 0 Å². The lowest BCUT2D eigenvalue weighted by Gasteiger charge is -2.15. The van der Waals surface area contributed by atoms with Gasteiger partial charge in [-0.3, -0.25) is 4.79 Å². The molecule has 1 aromatic rings. The van der Waals surface area contributed by atoms with Crippen molar-refractivity contribution in [2.75, 3.05) is 0 Å². The SMILES string of the molecule is CC1CCCC(NC(=O)c2sccc2Br)CC1. The van der Waals surface area contributed by atoms with E-state index in [2.05, 4.69) is 28.2 Å². The van der Waals surface area contributed by atoms with Crippen molar-refractivity contribution in [2.45, 2.75) is 45.1 Å². The van der Waals surface area contributed by atoms with Crippen molar-refractivity contribution >= 4 is 33.2 Å². The third kappa shape index (κ3) is 3.55. The van der Waals surface area contributed by atoms with Crippen LogP contribution in [0.5, 0.6) is 0 Å². The van der Waals surface area contributed by atoms with E-state index < -0.39 is 0 Å². The number of nitrogens with one attached hydrogen (secondary N) is 1. The van der Waals surface area contributed by atoms with Gasteiger partial charge in [-0.2, -0.15) is 0 Å². The van der Waals surface area contributed by atoms with Crippen molar-refractivity contribution < 1.29 is 4.79 Å². The van der Waals surface area contributed by atoms with E-state index in [-0.39, 0.29) is 5.91 Å². The normalized spacial score (nSPS) is 25.3. The van der Waals surface area contributed by atoms with E-state index in [1.54, 1.807) is 0 Å². The van der Waals surface area contributed by atoms with Crippen molar-refractivity contribution in [3.63, 3.8) is 0 Å². The number of hydrogen-bond donors (Lipinski definition) is 1. The first-order chi connectivity index (χ1) is 8.16. The molecule has 2 rings (SSSR count). The van der Waals surface area contributed by atoms with E-state index in [0.29, 0.717) is 6.04 Å². The van der Waals surface area contributed by atoms with Crippen LogP contribution in [0.2, 0.25) is 0 Å². The van der Waals surface area contributed by atoms with Gasteiger partial charge in [-0.05, 0) is 52.6 Å². The van der Waals surface area contributed by atoms with Crippen LogP contribution in [-0.4, -0.2) is 11.9 Å². The Morgan fingerprint density at radius 1 is 1.41 bits per heavy atom. The molecule has 0 aromatic carbocycles. The van der Waals surface area contributed by atoms with E-state index in [1.165, 1.54) is 30.6 Å². The molecule has 4 heteroatoms. The quantitative estimate of drug-likeness (QED) is 0.814. The van der Waals surface area contributed by atoms with Gasteiger partial charge >= 0.3 is 0 Å². The molecule has 1 aliphatic rings. The molecule has 2 atom stereocenters. The molecule has 0 aliphatic heterocycles. The van der Waals surface area contributed by atoms with Crippen LogP contribution in [0.15, 0.2) is 15.9 Å². The average molecular weight is 316 g/mol. The summed E-state index contributed by atoms with van der Waals surface area (Å²) in [6, 6.07) is 2.29. The van der Waals surface area contributed by atoms with Gasteiger partial charge in [0.1, 0.15) is 4.88 Å². The van der Waals surface area contributed by atoms with Gasteiger partial charge in [-0.1, -0.05) is 19.8 Å². The highest BCUT2D eigenvalue weighted by Gasteiger charge is 2.20. The second-order valence-electron chi connectivity index (χ2n) is 4.88. The lowest BCUT2D eigenvalue weighted by molar-refractivity contribution is 0.0936. The fourth-order valence-corrected chi connectivity index (χ4v) is 3.79. The van der Waals surface area contributed by atoms with Crippen molar-refractivity contribution in [2.24, 2.45) is 5.92 Å². The largest absolute Gasteiger partial charge is 0.349 e. The van der Waals surface area contributed by atoms with E-state index in [9.17, 15) is 4.79 Å². The second kappa shape index (κ2) is 6.01. The van der Waals surface area contributed by atoms with Gasteiger partial charge in [0.15, 0.2) is 0 Å². The van der Waals surface area contributed by atoms with E-state index in [0.717, 1.165) is 28.1 Å². The van der Waals surface area contributed by atoms with Crippen LogP contribution in [0, 0.1) is 5.92 Å². The van der Waals surface area contributed by atoms with Crippen molar-refractivity contribution in [1.82, 2.24) is 5.32 Å². The molecular formula is C13H18BrNOS. The Morgan fingerprint density at radius 3 is 2.94 bits per heavy atom. The van der Waals surface area contributed by atoms with Crippen molar-refractivity contribution in [1.29, 1.82) is 0 Å². The summed E-state index contributed by atoms with van der Waals surface area (Å²) in [6.45, 7) is 2.31. The minimum Gasteiger partial charge on any atom is -0.349 e. The van der Waals surface area contributed by atoms with E-state index in [1.807, 2.05) is 11.4 Å². The number of rotatable bonds is 2. The number of carbonyl (C=O) groups is 1. The molecule has 0 bridgehead atoms. The van der Waals surface area contributed by atoms with Crippen molar-refractivity contribution in [3.05, 3.63) is 20.8 Å². The Kier molecular flexibility index (Phi) is 4.62. The van der Waals surface area contributed by atoms with Crippen LogP contribution in [0.4, 0.5) is 0 Å². The summed E-state index contributed by atoms with van der Waals surface area (Å²) in [6.07, 6.45) is 6.01. The zero-order valence-corrected chi connectivity index (χ0v) is 12.4. The minimum atomic E-state index is 0.0754. The zero-order valence-electron chi connectivity index (χ0n) is 10.0. The lowest BCUT2D eigenvalue weighted by Crippen LogP contribution is -2.34. The summed E-state index contributed by atoms with van der Waals surface area (Å²) in [7, 11) is 0. The maximum Gasteiger partial charge on any atom is 0.262 e. The zero-order chi connectivity index (χ0) is 12.3. The molecule has 2 nitrogen and oxygen atoms in total. The fourth-order valence-electron chi connectivity index (χ4n) is 2.34. The summed E-state index contributed by atoms with van der Waals surface area (Å²) >= 11 is 4.90. The van der Waals surface area contributed by atoms with Gasteiger partial charge in [-0.25, -0.2) is 0 Å². The molecule has 1 saturated carbocycles. The molecule has 1 fully saturated rings. The maximum absolute atomic E-state index is 12.1. The highest BCUT2D eigenvalue weighted by molar-refractivity contribution is 9.10. The van der Waals surface area contributed by atoms with Crippen LogP contribution in [0.1, 0.15) is 48.7 Å². The van der Waals surface area contributed by atoms with Gasteiger partial charge in [0, 0.05) is 10.5 Å². The van der Waals surface area contributed by atoms with Crippen LogP contribution < -0.4 is 5.32 Å². The third-order valence-corrected chi connectivity index (χ3v) is 5.25. The molecule has 1 aliphatic carbocycles.